The molecule has 4 rings (SSSR count). The van der Waals surface area contributed by atoms with Crippen LogP contribution in [-0.2, 0) is 4.74 Å². The second-order valence-electron chi connectivity index (χ2n) is 7.43. The first-order valence-electron chi connectivity index (χ1n) is 10.0. The molecule has 10 heteroatoms. The first-order valence-corrected chi connectivity index (χ1v) is 10.8. The highest BCUT2D eigenvalue weighted by Gasteiger charge is 2.27. The highest BCUT2D eigenvalue weighted by Crippen LogP contribution is 2.33. The Balaban J connectivity index is 1.49. The maximum Gasteiger partial charge on any atom is 0.292 e. The van der Waals surface area contributed by atoms with Gasteiger partial charge in [-0.1, -0.05) is 23.2 Å². The number of hydrogen-bond donors (Lipinski definition) is 0. The van der Waals surface area contributed by atoms with Crippen LogP contribution in [0.4, 0.5) is 17.1 Å². The van der Waals surface area contributed by atoms with Gasteiger partial charge in [-0.3, -0.25) is 14.9 Å². The third-order valence-corrected chi connectivity index (χ3v) is 6.16. The summed E-state index contributed by atoms with van der Waals surface area (Å²) in [4.78, 5) is 29.9. The molecule has 0 unspecified atom stereocenters. The second kappa shape index (κ2) is 9.30. The van der Waals surface area contributed by atoms with E-state index in [4.69, 9.17) is 27.9 Å². The Morgan fingerprint density at radius 3 is 2.32 bits per heavy atom. The van der Waals surface area contributed by atoms with Gasteiger partial charge in [-0.15, -0.1) is 0 Å². The van der Waals surface area contributed by atoms with E-state index in [0.717, 1.165) is 5.69 Å². The van der Waals surface area contributed by atoms with Crippen molar-refractivity contribution in [3.63, 3.8) is 0 Å². The summed E-state index contributed by atoms with van der Waals surface area (Å²) in [5.41, 5.74) is 2.00. The van der Waals surface area contributed by atoms with E-state index in [1.807, 2.05) is 11.0 Å². The fourth-order valence-corrected chi connectivity index (χ4v) is 4.29. The molecule has 2 saturated heterocycles. The van der Waals surface area contributed by atoms with Crippen LogP contribution in [-0.4, -0.2) is 68.2 Å². The largest absolute Gasteiger partial charge is 0.378 e. The molecule has 0 aromatic heterocycles. The number of piperazine rings is 1. The van der Waals surface area contributed by atoms with Crippen molar-refractivity contribution in [2.75, 3.05) is 62.3 Å². The summed E-state index contributed by atoms with van der Waals surface area (Å²) in [7, 11) is 0. The summed E-state index contributed by atoms with van der Waals surface area (Å²) in [5.74, 6) is -0.148. The number of nitro groups is 1. The van der Waals surface area contributed by atoms with Gasteiger partial charge in [-0.25, -0.2) is 0 Å². The number of nitrogens with zero attached hydrogens (tertiary/aromatic N) is 4. The van der Waals surface area contributed by atoms with Crippen LogP contribution < -0.4 is 9.80 Å². The van der Waals surface area contributed by atoms with Gasteiger partial charge in [0.25, 0.3) is 11.6 Å². The lowest BCUT2D eigenvalue weighted by atomic mass is 10.1. The maximum atomic E-state index is 12.9. The Labute approximate surface area is 190 Å². The van der Waals surface area contributed by atoms with Crippen molar-refractivity contribution in [3.8, 4) is 0 Å². The van der Waals surface area contributed by atoms with Crippen molar-refractivity contribution in [1.82, 2.24) is 4.90 Å². The zero-order valence-corrected chi connectivity index (χ0v) is 18.3. The van der Waals surface area contributed by atoms with E-state index in [1.165, 1.54) is 0 Å². The number of carbonyl (C=O) groups excluding carboxylic acids is 1. The van der Waals surface area contributed by atoms with Crippen LogP contribution in [0.25, 0.3) is 0 Å². The molecule has 0 atom stereocenters. The summed E-state index contributed by atoms with van der Waals surface area (Å²) in [6.45, 7) is 4.61. The molecule has 31 heavy (non-hydrogen) atoms. The molecular formula is C21H22Cl2N4O4. The first-order chi connectivity index (χ1) is 14.9. The van der Waals surface area contributed by atoms with Gasteiger partial charge in [-0.2, -0.15) is 0 Å². The third kappa shape index (κ3) is 4.71. The standard InChI is InChI=1S/C21H22Cl2N4O4/c22-15-1-3-18(23)17(13-15)21(28)26-7-5-24(6-8-26)16-2-4-19(27(29)30)20(14-16)25-9-11-31-12-10-25/h1-4,13-14H,5-12H2. The minimum Gasteiger partial charge on any atom is -0.378 e. The number of morpholine rings is 1. The molecule has 164 valence electrons. The third-order valence-electron chi connectivity index (χ3n) is 5.60. The zero-order chi connectivity index (χ0) is 22.0. The molecule has 0 saturated carbocycles. The number of halogens is 2. The molecule has 8 nitrogen and oxygen atoms in total. The topological polar surface area (TPSA) is 79.2 Å². The Morgan fingerprint density at radius 1 is 0.935 bits per heavy atom. The number of amides is 1. The van der Waals surface area contributed by atoms with Crippen molar-refractivity contribution in [3.05, 3.63) is 62.1 Å². The predicted octanol–water partition coefficient (Wildman–Crippen LogP) is 3.70. The predicted molar refractivity (Wildman–Crippen MR) is 121 cm³/mol. The van der Waals surface area contributed by atoms with E-state index in [2.05, 4.69) is 4.90 Å². The monoisotopic (exact) mass is 464 g/mol. The van der Waals surface area contributed by atoms with E-state index >= 15 is 0 Å². The van der Waals surface area contributed by atoms with E-state index in [0.29, 0.717) is 73.8 Å². The summed E-state index contributed by atoms with van der Waals surface area (Å²) in [5, 5.41) is 12.4. The van der Waals surface area contributed by atoms with Gasteiger partial charge in [0.15, 0.2) is 0 Å². The molecule has 2 heterocycles. The molecule has 0 bridgehead atoms. The summed E-state index contributed by atoms with van der Waals surface area (Å²) in [6.07, 6.45) is 0. The minimum atomic E-state index is -0.347. The van der Waals surface area contributed by atoms with E-state index in [1.54, 1.807) is 35.2 Å². The first kappa shape index (κ1) is 21.7. The van der Waals surface area contributed by atoms with Crippen LogP contribution >= 0.6 is 23.2 Å². The highest BCUT2D eigenvalue weighted by molar-refractivity contribution is 6.35. The number of carbonyl (C=O) groups is 1. The van der Waals surface area contributed by atoms with Crippen molar-refractivity contribution < 1.29 is 14.5 Å². The average Bonchev–Trinajstić information content (AvgIpc) is 2.80. The lowest BCUT2D eigenvalue weighted by Gasteiger charge is -2.37. The van der Waals surface area contributed by atoms with Gasteiger partial charge in [0, 0.05) is 56.0 Å². The Morgan fingerprint density at radius 2 is 1.65 bits per heavy atom. The highest BCUT2D eigenvalue weighted by atomic mass is 35.5. The van der Waals surface area contributed by atoms with Crippen LogP contribution in [0.3, 0.4) is 0 Å². The van der Waals surface area contributed by atoms with Crippen molar-refractivity contribution in [2.24, 2.45) is 0 Å². The van der Waals surface area contributed by atoms with E-state index in [-0.39, 0.29) is 16.5 Å². The van der Waals surface area contributed by atoms with Gasteiger partial charge >= 0.3 is 0 Å². The molecule has 1 amide bonds. The van der Waals surface area contributed by atoms with Gasteiger partial charge in [0.05, 0.1) is 28.7 Å². The molecule has 0 spiro atoms. The molecular weight excluding hydrogens is 443 g/mol. The van der Waals surface area contributed by atoms with Gasteiger partial charge < -0.3 is 19.4 Å². The normalized spacial score (nSPS) is 17.0. The van der Waals surface area contributed by atoms with Crippen LogP contribution in [0.15, 0.2) is 36.4 Å². The van der Waals surface area contributed by atoms with E-state index < -0.39 is 0 Å². The minimum absolute atomic E-state index is 0.0926. The molecule has 0 N–H and O–H groups in total. The van der Waals surface area contributed by atoms with Crippen molar-refractivity contribution >= 4 is 46.2 Å². The van der Waals surface area contributed by atoms with Crippen LogP contribution in [0.2, 0.25) is 10.0 Å². The van der Waals surface area contributed by atoms with Gasteiger partial charge in [-0.05, 0) is 30.3 Å². The van der Waals surface area contributed by atoms with Crippen molar-refractivity contribution in [1.29, 1.82) is 0 Å². The number of hydrogen-bond acceptors (Lipinski definition) is 6. The summed E-state index contributed by atoms with van der Waals surface area (Å²) < 4.78 is 5.38. The number of anilines is 2. The quantitative estimate of drug-likeness (QED) is 0.506. The molecule has 0 aliphatic carbocycles. The molecule has 2 aliphatic heterocycles. The fourth-order valence-electron chi connectivity index (χ4n) is 3.92. The summed E-state index contributed by atoms with van der Waals surface area (Å²) in [6, 6.07) is 10.1. The SMILES string of the molecule is O=C(c1cc(Cl)ccc1Cl)N1CCN(c2ccc([N+](=O)[O-])c(N3CCOCC3)c2)CC1. The molecule has 0 radical (unpaired) electrons. The molecule has 2 aliphatic rings. The van der Waals surface area contributed by atoms with Crippen LogP contribution in [0.5, 0.6) is 0 Å². The average molecular weight is 465 g/mol. The summed E-state index contributed by atoms with van der Waals surface area (Å²) >= 11 is 12.2. The van der Waals surface area contributed by atoms with Gasteiger partial charge in [0.2, 0.25) is 0 Å². The van der Waals surface area contributed by atoms with Crippen LogP contribution in [0, 0.1) is 10.1 Å². The number of ether oxygens (including phenoxy) is 1. The lowest BCUT2D eigenvalue weighted by molar-refractivity contribution is -0.384. The Hall–Kier alpha value is -2.55. The molecule has 2 aromatic carbocycles. The van der Waals surface area contributed by atoms with Gasteiger partial charge in [0.1, 0.15) is 5.69 Å². The van der Waals surface area contributed by atoms with Crippen LogP contribution in [0.1, 0.15) is 10.4 Å². The Kier molecular flexibility index (Phi) is 6.50. The lowest BCUT2D eigenvalue weighted by Crippen LogP contribution is -2.49. The number of benzene rings is 2. The zero-order valence-electron chi connectivity index (χ0n) is 16.8. The molecule has 2 aromatic rings. The van der Waals surface area contributed by atoms with Crippen molar-refractivity contribution in [2.45, 2.75) is 0 Å². The number of nitro benzene ring substituents is 1. The molecule has 2 fully saturated rings. The maximum absolute atomic E-state index is 12.9. The Bertz CT molecular complexity index is 989. The number of rotatable bonds is 4. The smallest absolute Gasteiger partial charge is 0.292 e. The fraction of sp³-hybridized carbons (Fsp3) is 0.381. The second-order valence-corrected chi connectivity index (χ2v) is 8.28. The van der Waals surface area contributed by atoms with E-state index in [9.17, 15) is 14.9 Å².